The van der Waals surface area contributed by atoms with E-state index >= 15 is 0 Å². The molecule has 13 heavy (non-hydrogen) atoms. The van der Waals surface area contributed by atoms with Gasteiger partial charge in [-0.1, -0.05) is 6.92 Å². The summed E-state index contributed by atoms with van der Waals surface area (Å²) in [6.07, 6.45) is 5.49. The van der Waals surface area contributed by atoms with E-state index in [4.69, 9.17) is 0 Å². The smallest absolute Gasteiger partial charge is 0.0204 e. The fraction of sp³-hybridized carbons (Fsp3) is 1.00. The summed E-state index contributed by atoms with van der Waals surface area (Å²) in [5, 5.41) is 0. The molecule has 0 radical (unpaired) electrons. The zero-order valence-electron chi connectivity index (χ0n) is 8.96. The fourth-order valence-electron chi connectivity index (χ4n) is 2.11. The monoisotopic (exact) mass is 296 g/mol. The first-order valence-electron chi connectivity index (χ1n) is 5.24. The lowest BCUT2D eigenvalue weighted by atomic mass is 9.90. The summed E-state index contributed by atoms with van der Waals surface area (Å²) in [4.78, 5) is 2.37. The Morgan fingerprint density at radius 1 is 1.08 bits per heavy atom. The Morgan fingerprint density at radius 2 is 1.54 bits per heavy atom. The van der Waals surface area contributed by atoms with Crippen molar-refractivity contribution in [1.82, 2.24) is 8.01 Å². The van der Waals surface area contributed by atoms with Crippen molar-refractivity contribution in [3.05, 3.63) is 0 Å². The van der Waals surface area contributed by atoms with Crippen LogP contribution in [0, 0.1) is 0 Å². The molecule has 1 rings (SSSR count). The van der Waals surface area contributed by atoms with Gasteiger partial charge in [0.2, 0.25) is 0 Å². The third-order valence-corrected chi connectivity index (χ3v) is 4.56. The molecule has 0 aromatic heterocycles. The third-order valence-electron chi connectivity index (χ3n) is 3.09. The molecule has 0 heterocycles. The van der Waals surface area contributed by atoms with E-state index in [0.717, 1.165) is 12.1 Å². The molecule has 78 valence electrons. The molecule has 1 saturated carbocycles. The van der Waals surface area contributed by atoms with Crippen LogP contribution in [-0.2, 0) is 0 Å². The van der Waals surface area contributed by atoms with E-state index < -0.39 is 0 Å². The van der Waals surface area contributed by atoms with Gasteiger partial charge >= 0.3 is 0 Å². The predicted molar refractivity (Wildman–Crippen MR) is 66.1 cm³/mol. The quantitative estimate of drug-likeness (QED) is 0.583. The lowest BCUT2D eigenvalue weighted by Crippen LogP contribution is -2.38. The van der Waals surface area contributed by atoms with Crippen molar-refractivity contribution in [1.29, 1.82) is 0 Å². The van der Waals surface area contributed by atoms with Crippen LogP contribution < -0.4 is 0 Å². The molecule has 3 heteroatoms. The summed E-state index contributed by atoms with van der Waals surface area (Å²) in [7, 11) is 4.40. The van der Waals surface area contributed by atoms with E-state index in [2.05, 4.69) is 51.9 Å². The molecule has 0 atom stereocenters. The first-order valence-corrected chi connectivity index (χ1v) is 6.20. The molecule has 1 aliphatic carbocycles. The molecule has 0 aliphatic heterocycles. The van der Waals surface area contributed by atoms with Gasteiger partial charge in [-0.15, -0.1) is 0 Å². The van der Waals surface area contributed by atoms with Gasteiger partial charge in [0.25, 0.3) is 0 Å². The minimum atomic E-state index is 0.831. The van der Waals surface area contributed by atoms with Gasteiger partial charge in [-0.2, -0.15) is 0 Å². The molecule has 0 aromatic rings. The summed E-state index contributed by atoms with van der Waals surface area (Å²) in [6, 6.07) is 1.67. The maximum absolute atomic E-state index is 2.47. The summed E-state index contributed by atoms with van der Waals surface area (Å²) < 4.78 is 2.46. The number of hydrogen-bond donors (Lipinski definition) is 0. The standard InChI is InChI=1S/C10H21IN2/c1-4-13(11)10-7-5-9(6-8-10)12(2)3/h9-10H,4-8H2,1-3H3. The molecule has 0 aromatic carbocycles. The normalized spacial score (nSPS) is 30.0. The van der Waals surface area contributed by atoms with E-state index in [9.17, 15) is 0 Å². The molecule has 0 amide bonds. The van der Waals surface area contributed by atoms with Crippen LogP contribution in [0.15, 0.2) is 0 Å². The zero-order valence-corrected chi connectivity index (χ0v) is 11.1. The minimum absolute atomic E-state index is 0.831. The van der Waals surface area contributed by atoms with Gasteiger partial charge < -0.3 is 4.90 Å². The van der Waals surface area contributed by atoms with Crippen molar-refractivity contribution in [2.75, 3.05) is 20.6 Å². The summed E-state index contributed by atoms with van der Waals surface area (Å²) in [5.74, 6) is 0. The summed E-state index contributed by atoms with van der Waals surface area (Å²) in [6.45, 7) is 3.42. The zero-order chi connectivity index (χ0) is 9.84. The molecule has 1 aliphatic rings. The second-order valence-electron chi connectivity index (χ2n) is 4.14. The maximum Gasteiger partial charge on any atom is 0.0204 e. The van der Waals surface area contributed by atoms with E-state index in [0.29, 0.717) is 0 Å². The van der Waals surface area contributed by atoms with Crippen molar-refractivity contribution in [3.63, 3.8) is 0 Å². The SMILES string of the molecule is CCN(I)C1CCC(N(C)C)CC1. The van der Waals surface area contributed by atoms with Crippen LogP contribution in [-0.4, -0.2) is 40.7 Å². The van der Waals surface area contributed by atoms with Crippen molar-refractivity contribution < 1.29 is 0 Å². The number of nitrogens with zero attached hydrogens (tertiary/aromatic N) is 2. The van der Waals surface area contributed by atoms with Gasteiger partial charge in [-0.3, -0.25) is 0 Å². The molecule has 0 unspecified atom stereocenters. The van der Waals surface area contributed by atoms with E-state index in [-0.39, 0.29) is 0 Å². The molecule has 0 N–H and O–H groups in total. The Morgan fingerprint density at radius 3 is 1.92 bits per heavy atom. The largest absolute Gasteiger partial charge is 0.306 e. The summed E-state index contributed by atoms with van der Waals surface area (Å²) in [5.41, 5.74) is 0. The van der Waals surface area contributed by atoms with Gasteiger partial charge in [0.1, 0.15) is 0 Å². The van der Waals surface area contributed by atoms with Crippen molar-refractivity contribution in [3.8, 4) is 0 Å². The number of rotatable bonds is 3. The Kier molecular flexibility index (Phi) is 4.97. The molecular formula is C10H21IN2. The Bertz CT molecular complexity index is 142. The van der Waals surface area contributed by atoms with E-state index in [1.54, 1.807) is 0 Å². The van der Waals surface area contributed by atoms with Crippen LogP contribution in [0.2, 0.25) is 0 Å². The summed E-state index contributed by atoms with van der Waals surface area (Å²) >= 11 is 2.47. The van der Waals surface area contributed by atoms with Gasteiger partial charge in [0.15, 0.2) is 0 Å². The van der Waals surface area contributed by atoms with E-state index in [1.165, 1.54) is 32.2 Å². The van der Waals surface area contributed by atoms with Crippen LogP contribution >= 0.6 is 22.9 Å². The van der Waals surface area contributed by atoms with Gasteiger partial charge in [0, 0.05) is 41.5 Å². The average molecular weight is 296 g/mol. The highest BCUT2D eigenvalue weighted by Gasteiger charge is 2.24. The van der Waals surface area contributed by atoms with Crippen LogP contribution in [0.4, 0.5) is 0 Å². The van der Waals surface area contributed by atoms with Gasteiger partial charge in [0.05, 0.1) is 0 Å². The average Bonchev–Trinajstić information content (AvgIpc) is 2.17. The Labute approximate surface area is 96.2 Å². The molecule has 0 saturated heterocycles. The Balaban J connectivity index is 2.30. The topological polar surface area (TPSA) is 6.48 Å². The maximum atomic E-state index is 2.47. The highest BCUT2D eigenvalue weighted by atomic mass is 127. The van der Waals surface area contributed by atoms with Gasteiger partial charge in [-0.05, 0) is 39.8 Å². The van der Waals surface area contributed by atoms with Crippen molar-refractivity contribution in [2.45, 2.75) is 44.7 Å². The van der Waals surface area contributed by atoms with Crippen molar-refractivity contribution >= 4 is 22.9 Å². The van der Waals surface area contributed by atoms with E-state index in [1.807, 2.05) is 0 Å². The van der Waals surface area contributed by atoms with Gasteiger partial charge in [-0.25, -0.2) is 3.11 Å². The number of hydrogen-bond acceptors (Lipinski definition) is 2. The third kappa shape index (κ3) is 3.36. The molecule has 0 spiro atoms. The molecule has 1 fully saturated rings. The predicted octanol–water partition coefficient (Wildman–Crippen LogP) is 2.53. The lowest BCUT2D eigenvalue weighted by Gasteiger charge is -2.35. The molecule has 0 bridgehead atoms. The second-order valence-corrected chi connectivity index (χ2v) is 5.38. The first-order chi connectivity index (χ1) is 6.15. The van der Waals surface area contributed by atoms with Crippen LogP contribution in [0.3, 0.4) is 0 Å². The highest BCUT2D eigenvalue weighted by molar-refractivity contribution is 14.1. The lowest BCUT2D eigenvalue weighted by molar-refractivity contribution is 0.184. The van der Waals surface area contributed by atoms with Crippen LogP contribution in [0.1, 0.15) is 32.6 Å². The minimum Gasteiger partial charge on any atom is -0.306 e. The molecule has 2 nitrogen and oxygen atoms in total. The fourth-order valence-corrected chi connectivity index (χ4v) is 2.67. The Hall–Kier alpha value is 0.650. The highest BCUT2D eigenvalue weighted by Crippen LogP contribution is 2.26. The first kappa shape index (κ1) is 11.7. The second kappa shape index (κ2) is 5.51. The van der Waals surface area contributed by atoms with Crippen molar-refractivity contribution in [2.24, 2.45) is 0 Å². The van der Waals surface area contributed by atoms with Crippen LogP contribution in [0.5, 0.6) is 0 Å². The number of halogens is 1. The molecular weight excluding hydrogens is 275 g/mol. The van der Waals surface area contributed by atoms with Crippen LogP contribution in [0.25, 0.3) is 0 Å².